The summed E-state index contributed by atoms with van der Waals surface area (Å²) in [7, 11) is 1.86. The highest BCUT2D eigenvalue weighted by Gasteiger charge is 2.28. The van der Waals surface area contributed by atoms with Crippen molar-refractivity contribution in [3.8, 4) is 0 Å². The molecular weight excluding hydrogens is 282 g/mol. The van der Waals surface area contributed by atoms with Crippen LogP contribution in [0.25, 0.3) is 0 Å². The lowest BCUT2D eigenvalue weighted by molar-refractivity contribution is -0.133. The Bertz CT molecular complexity index is 652. The van der Waals surface area contributed by atoms with Gasteiger partial charge in [-0.3, -0.25) is 4.79 Å². The molecule has 3 rings (SSSR count). The Hall–Kier alpha value is -1.72. The maximum Gasteiger partial charge on any atom is 0.244 e. The Balaban J connectivity index is 1.76. The number of benzene rings is 1. The second kappa shape index (κ2) is 5.95. The van der Waals surface area contributed by atoms with E-state index in [0.29, 0.717) is 6.54 Å². The van der Waals surface area contributed by atoms with Gasteiger partial charge in [0.05, 0.1) is 11.6 Å². The molecular formula is C16H19N3OS. The van der Waals surface area contributed by atoms with E-state index in [1.54, 1.807) is 16.2 Å². The minimum Gasteiger partial charge on any atom is -0.339 e. The molecule has 1 aromatic heterocycles. The van der Waals surface area contributed by atoms with Crippen molar-refractivity contribution >= 4 is 17.2 Å². The first-order valence-corrected chi connectivity index (χ1v) is 7.94. The lowest BCUT2D eigenvalue weighted by Gasteiger charge is -2.29. The molecule has 2 heterocycles. The van der Waals surface area contributed by atoms with E-state index < -0.39 is 0 Å². The van der Waals surface area contributed by atoms with Crippen molar-refractivity contribution in [3.63, 3.8) is 0 Å². The summed E-state index contributed by atoms with van der Waals surface area (Å²) >= 11 is 1.64. The second-order valence-corrected chi connectivity index (χ2v) is 6.70. The zero-order valence-corrected chi connectivity index (χ0v) is 13.1. The van der Waals surface area contributed by atoms with Crippen LogP contribution in [0.5, 0.6) is 0 Å². The third-order valence-electron chi connectivity index (χ3n) is 3.79. The van der Waals surface area contributed by atoms with Gasteiger partial charge in [-0.15, -0.1) is 11.3 Å². The molecule has 0 aliphatic carbocycles. The van der Waals surface area contributed by atoms with Gasteiger partial charge in [-0.2, -0.15) is 0 Å². The molecule has 0 bridgehead atoms. The Kier molecular flexibility index (Phi) is 4.03. The Morgan fingerprint density at radius 3 is 3.05 bits per heavy atom. The summed E-state index contributed by atoms with van der Waals surface area (Å²) in [6.07, 6.45) is 2.84. The van der Waals surface area contributed by atoms with Crippen molar-refractivity contribution in [3.05, 3.63) is 51.5 Å². The van der Waals surface area contributed by atoms with Crippen LogP contribution >= 0.6 is 11.3 Å². The van der Waals surface area contributed by atoms with Crippen LogP contribution in [-0.4, -0.2) is 29.4 Å². The third kappa shape index (κ3) is 2.99. The fourth-order valence-electron chi connectivity index (χ4n) is 2.74. The topological polar surface area (TPSA) is 45.2 Å². The number of hydrogen-bond acceptors (Lipinski definition) is 4. The van der Waals surface area contributed by atoms with Crippen LogP contribution in [0.2, 0.25) is 0 Å². The van der Waals surface area contributed by atoms with Gasteiger partial charge in [0.15, 0.2) is 0 Å². The van der Waals surface area contributed by atoms with Crippen LogP contribution in [-0.2, 0) is 17.8 Å². The normalized spacial score (nSPS) is 17.3. The summed E-state index contributed by atoms with van der Waals surface area (Å²) in [5.41, 5.74) is 2.39. The molecule has 0 saturated heterocycles. The van der Waals surface area contributed by atoms with Gasteiger partial charge in [0.2, 0.25) is 5.91 Å². The molecule has 0 fully saturated rings. The molecule has 0 radical (unpaired) electrons. The number of carbonyl (C=O) groups excluding carboxylic acids is 1. The van der Waals surface area contributed by atoms with E-state index in [9.17, 15) is 4.79 Å². The highest BCUT2D eigenvalue weighted by atomic mass is 32.1. The van der Waals surface area contributed by atoms with Crippen LogP contribution in [0.4, 0.5) is 0 Å². The summed E-state index contributed by atoms with van der Waals surface area (Å²) in [6.45, 7) is 3.44. The van der Waals surface area contributed by atoms with Crippen molar-refractivity contribution in [2.45, 2.75) is 25.9 Å². The molecule has 2 aromatic rings. The number of nitrogens with one attached hydrogen (secondary N) is 1. The van der Waals surface area contributed by atoms with Crippen molar-refractivity contribution < 1.29 is 4.79 Å². The summed E-state index contributed by atoms with van der Waals surface area (Å²) in [4.78, 5) is 19.9. The molecule has 4 nitrogen and oxygen atoms in total. The van der Waals surface area contributed by atoms with Gasteiger partial charge < -0.3 is 10.2 Å². The monoisotopic (exact) mass is 301 g/mol. The first-order chi connectivity index (χ1) is 10.1. The number of nitrogens with zero attached hydrogens (tertiary/aromatic N) is 2. The molecule has 21 heavy (non-hydrogen) atoms. The van der Waals surface area contributed by atoms with Crippen molar-refractivity contribution in [1.82, 2.24) is 15.2 Å². The number of likely N-dealkylation sites (N-methyl/N-ethyl adjacent to an activating group) is 1. The molecule has 1 atom stereocenters. The van der Waals surface area contributed by atoms with Gasteiger partial charge in [0, 0.05) is 24.7 Å². The molecule has 1 aliphatic rings. The zero-order chi connectivity index (χ0) is 14.8. The number of aryl methyl sites for hydroxylation is 1. The highest BCUT2D eigenvalue weighted by Crippen LogP contribution is 2.25. The van der Waals surface area contributed by atoms with Gasteiger partial charge in [0.1, 0.15) is 6.04 Å². The number of hydrogen-bond donors (Lipinski definition) is 1. The highest BCUT2D eigenvalue weighted by molar-refractivity contribution is 7.11. The van der Waals surface area contributed by atoms with E-state index in [1.807, 2.05) is 32.3 Å². The lowest BCUT2D eigenvalue weighted by atomic mass is 9.93. The molecule has 0 saturated carbocycles. The number of rotatable bonds is 3. The van der Waals surface area contributed by atoms with Gasteiger partial charge in [-0.05, 0) is 24.5 Å². The Morgan fingerprint density at radius 2 is 2.29 bits per heavy atom. The van der Waals surface area contributed by atoms with Crippen LogP contribution in [0, 0.1) is 6.92 Å². The standard InChI is InChI=1S/C16H19N3OS/c1-11-18-9-13(21-11)10-19(2)16(20)15-14-6-4-3-5-12(14)7-8-17-15/h3-6,9,15,17H,7-8,10H2,1-2H3. The van der Waals surface area contributed by atoms with Crippen LogP contribution in [0.1, 0.15) is 27.1 Å². The SMILES string of the molecule is Cc1ncc(CN(C)C(=O)C2NCCc3ccccc32)s1. The van der Waals surface area contributed by atoms with Crippen molar-refractivity contribution in [2.24, 2.45) is 0 Å². The second-order valence-electron chi connectivity index (χ2n) is 5.38. The Morgan fingerprint density at radius 1 is 1.48 bits per heavy atom. The number of aromatic nitrogens is 1. The average Bonchev–Trinajstić information content (AvgIpc) is 2.91. The quantitative estimate of drug-likeness (QED) is 0.946. The molecule has 1 aromatic carbocycles. The van der Waals surface area contributed by atoms with E-state index >= 15 is 0 Å². The molecule has 1 unspecified atom stereocenters. The van der Waals surface area contributed by atoms with Gasteiger partial charge in [-0.25, -0.2) is 4.98 Å². The van der Waals surface area contributed by atoms with E-state index in [4.69, 9.17) is 0 Å². The maximum atomic E-state index is 12.7. The number of carbonyl (C=O) groups is 1. The summed E-state index contributed by atoms with van der Waals surface area (Å²) in [5.74, 6) is 0.119. The molecule has 1 aliphatic heterocycles. The fourth-order valence-corrected chi connectivity index (χ4v) is 3.58. The summed E-state index contributed by atoms with van der Waals surface area (Å²) in [6, 6.07) is 7.97. The number of fused-ring (bicyclic) bond motifs is 1. The molecule has 0 spiro atoms. The van der Waals surface area contributed by atoms with Crippen LogP contribution < -0.4 is 5.32 Å². The number of thiazole rings is 1. The molecule has 1 amide bonds. The van der Waals surface area contributed by atoms with E-state index in [2.05, 4.69) is 22.4 Å². The van der Waals surface area contributed by atoms with E-state index in [0.717, 1.165) is 28.4 Å². The van der Waals surface area contributed by atoms with E-state index in [-0.39, 0.29) is 11.9 Å². The first kappa shape index (κ1) is 14.2. The predicted molar refractivity (Wildman–Crippen MR) is 84.2 cm³/mol. The van der Waals surface area contributed by atoms with Crippen molar-refractivity contribution in [2.75, 3.05) is 13.6 Å². The molecule has 110 valence electrons. The van der Waals surface area contributed by atoms with Gasteiger partial charge in [-0.1, -0.05) is 24.3 Å². The van der Waals surface area contributed by atoms with Gasteiger partial charge >= 0.3 is 0 Å². The molecule has 5 heteroatoms. The zero-order valence-electron chi connectivity index (χ0n) is 12.3. The summed E-state index contributed by atoms with van der Waals surface area (Å²) < 4.78 is 0. The third-order valence-corrected chi connectivity index (χ3v) is 4.69. The largest absolute Gasteiger partial charge is 0.339 e. The van der Waals surface area contributed by atoms with Crippen molar-refractivity contribution in [1.29, 1.82) is 0 Å². The molecule has 1 N–H and O–H groups in total. The number of amides is 1. The average molecular weight is 301 g/mol. The lowest BCUT2D eigenvalue weighted by Crippen LogP contribution is -2.41. The van der Waals surface area contributed by atoms with Crippen LogP contribution in [0.3, 0.4) is 0 Å². The van der Waals surface area contributed by atoms with Crippen LogP contribution in [0.15, 0.2) is 30.5 Å². The first-order valence-electron chi connectivity index (χ1n) is 7.12. The Labute approximate surface area is 128 Å². The van der Waals surface area contributed by atoms with E-state index in [1.165, 1.54) is 5.56 Å². The minimum absolute atomic E-state index is 0.119. The fraction of sp³-hybridized carbons (Fsp3) is 0.375. The maximum absolute atomic E-state index is 12.7. The predicted octanol–water partition coefficient (Wildman–Crippen LogP) is 2.30. The smallest absolute Gasteiger partial charge is 0.244 e. The minimum atomic E-state index is -0.228. The summed E-state index contributed by atoms with van der Waals surface area (Å²) in [5, 5.41) is 4.38. The van der Waals surface area contributed by atoms with Gasteiger partial charge in [0.25, 0.3) is 0 Å².